The Morgan fingerprint density at radius 3 is 3.00 bits per heavy atom. The summed E-state index contributed by atoms with van der Waals surface area (Å²) < 4.78 is 21.4. The molecule has 3 heterocycles. The first-order valence-electron chi connectivity index (χ1n) is 6.48. The van der Waals surface area contributed by atoms with Crippen LogP contribution in [0, 0.1) is 12.5 Å². The predicted molar refractivity (Wildman–Crippen MR) is 72.4 cm³/mol. The van der Waals surface area contributed by atoms with Gasteiger partial charge in [0.05, 0.1) is 25.0 Å². The summed E-state index contributed by atoms with van der Waals surface area (Å²) in [6.07, 6.45) is -1.52. The highest BCUT2D eigenvalue weighted by Gasteiger charge is 2.44. The van der Waals surface area contributed by atoms with Gasteiger partial charge >= 0.3 is 0 Å². The van der Waals surface area contributed by atoms with Crippen molar-refractivity contribution in [2.75, 3.05) is 12.3 Å². The maximum Gasteiger partial charge on any atom is 0.217 e. The van der Waals surface area contributed by atoms with Gasteiger partial charge in [-0.3, -0.25) is 0 Å². The third kappa shape index (κ3) is 1.93. The minimum atomic E-state index is -1.30. The van der Waals surface area contributed by atoms with Gasteiger partial charge in [-0.15, -0.1) is 0 Å². The molecule has 1 fully saturated rings. The number of aliphatic hydroxyl groups is 1. The first kappa shape index (κ1) is 13.7. The monoisotopic (exact) mass is 291 g/mol. The normalized spacial score (nSPS) is 28.9. The second kappa shape index (κ2) is 4.95. The smallest absolute Gasteiger partial charge is 0.217 e. The fourth-order valence-corrected chi connectivity index (χ4v) is 2.67. The van der Waals surface area contributed by atoms with Crippen LogP contribution in [0.3, 0.4) is 0 Å². The van der Waals surface area contributed by atoms with E-state index in [9.17, 15) is 9.50 Å². The Labute approximate surface area is 120 Å². The summed E-state index contributed by atoms with van der Waals surface area (Å²) in [5, 5.41) is 13.3. The summed E-state index contributed by atoms with van der Waals surface area (Å²) in [4.78, 5) is 7.23. The topological polar surface area (TPSA) is 90.0 Å². The first-order valence-corrected chi connectivity index (χ1v) is 6.48. The number of hydrogen-bond donors (Lipinski definition) is 2. The van der Waals surface area contributed by atoms with Crippen LogP contribution >= 0.6 is 0 Å². The molecule has 8 heteroatoms. The average Bonchev–Trinajstić information content (AvgIpc) is 2.99. The number of anilines is 1. The van der Waals surface area contributed by atoms with Gasteiger partial charge in [-0.05, 0) is 6.07 Å². The van der Waals surface area contributed by atoms with E-state index in [0.717, 1.165) is 0 Å². The molecule has 0 aliphatic carbocycles. The molecule has 3 rings (SSSR count). The van der Waals surface area contributed by atoms with Crippen LogP contribution < -0.4 is 5.73 Å². The molecule has 1 saturated heterocycles. The zero-order valence-electron chi connectivity index (χ0n) is 11.3. The molecule has 1 aliphatic heterocycles. The molecule has 7 nitrogen and oxygen atoms in total. The molecule has 0 bridgehead atoms. The maximum atomic E-state index is 14.4. The highest BCUT2D eigenvalue weighted by molar-refractivity contribution is 5.83. The zero-order valence-corrected chi connectivity index (χ0v) is 11.3. The minimum Gasteiger partial charge on any atom is -0.394 e. The van der Waals surface area contributed by atoms with Crippen molar-refractivity contribution in [1.82, 2.24) is 14.6 Å². The number of ether oxygens (including phenoxy) is 1. The van der Waals surface area contributed by atoms with E-state index in [0.29, 0.717) is 11.2 Å². The quantitative estimate of drug-likeness (QED) is 0.813. The summed E-state index contributed by atoms with van der Waals surface area (Å²) in [6, 6.07) is 1.51. The Balaban J connectivity index is 2.14. The Morgan fingerprint density at radius 2 is 2.38 bits per heavy atom. The number of fused-ring (bicyclic) bond motifs is 1. The molecule has 2 aromatic heterocycles. The number of hydrogen-bond acceptors (Lipinski definition) is 5. The molecule has 110 valence electrons. The predicted octanol–water partition coefficient (Wildman–Crippen LogP) is 1.27. The van der Waals surface area contributed by atoms with E-state index in [1.54, 1.807) is 6.92 Å². The third-order valence-corrected chi connectivity index (χ3v) is 3.88. The molecule has 0 saturated carbocycles. The number of nitrogens with two attached hydrogens (primary N) is 1. The van der Waals surface area contributed by atoms with E-state index in [4.69, 9.17) is 17.0 Å². The van der Waals surface area contributed by atoms with Crippen molar-refractivity contribution in [3.05, 3.63) is 29.5 Å². The number of nitrogens with zero attached hydrogens (tertiary/aromatic N) is 4. The van der Waals surface area contributed by atoms with Gasteiger partial charge in [0, 0.05) is 5.92 Å². The van der Waals surface area contributed by atoms with Gasteiger partial charge in [0.15, 0.2) is 0 Å². The molecular weight excluding hydrogens is 277 g/mol. The molecular formula is C13H14FN5O2. The SMILES string of the molecule is [C-]#[N+]c1cc([C@@H]2O[C@H](CO)[C@@H](C)[C@@H]2F)n2ncnc(N)c12. The van der Waals surface area contributed by atoms with Gasteiger partial charge in [-0.2, -0.15) is 5.10 Å². The van der Waals surface area contributed by atoms with Crippen molar-refractivity contribution in [2.24, 2.45) is 5.92 Å². The number of nitrogen functional groups attached to an aromatic ring is 1. The lowest BCUT2D eigenvalue weighted by molar-refractivity contribution is -0.00711. The maximum absolute atomic E-state index is 14.4. The van der Waals surface area contributed by atoms with Crippen LogP contribution in [0.25, 0.3) is 10.4 Å². The standard InChI is InChI=1S/C13H14FN5O2/c1-6-9(4-20)21-12(10(6)14)8-3-7(16-2)11-13(15)17-5-18-19(8)11/h3,5-6,9-10,12,20H,4H2,1H3,(H2,15,17,18)/t6-,9-,10+,12+/m1/s1. The van der Waals surface area contributed by atoms with E-state index in [1.807, 2.05) is 0 Å². The summed E-state index contributed by atoms with van der Waals surface area (Å²) in [6.45, 7) is 8.62. The molecule has 4 atom stereocenters. The molecule has 0 aromatic carbocycles. The third-order valence-electron chi connectivity index (χ3n) is 3.88. The van der Waals surface area contributed by atoms with Crippen molar-refractivity contribution in [3.8, 4) is 0 Å². The van der Waals surface area contributed by atoms with Gasteiger partial charge < -0.3 is 15.6 Å². The Hall–Kier alpha value is -2.24. The molecule has 0 radical (unpaired) electrons. The van der Waals surface area contributed by atoms with E-state index in [-0.39, 0.29) is 18.1 Å². The number of aliphatic hydroxyl groups excluding tert-OH is 1. The van der Waals surface area contributed by atoms with Gasteiger partial charge in [-0.25, -0.2) is 18.7 Å². The minimum absolute atomic E-state index is 0.155. The van der Waals surface area contributed by atoms with Gasteiger partial charge in [0.2, 0.25) is 5.69 Å². The van der Waals surface area contributed by atoms with Crippen molar-refractivity contribution < 1.29 is 14.2 Å². The zero-order chi connectivity index (χ0) is 15.1. The Morgan fingerprint density at radius 1 is 1.62 bits per heavy atom. The van der Waals surface area contributed by atoms with Crippen molar-refractivity contribution in [1.29, 1.82) is 0 Å². The van der Waals surface area contributed by atoms with Gasteiger partial charge in [0.25, 0.3) is 0 Å². The lowest BCUT2D eigenvalue weighted by atomic mass is 9.99. The molecule has 0 unspecified atom stereocenters. The summed E-state index contributed by atoms with van der Waals surface area (Å²) in [5.41, 5.74) is 6.77. The second-order valence-electron chi connectivity index (χ2n) is 5.05. The van der Waals surface area contributed by atoms with Gasteiger partial charge in [0.1, 0.15) is 29.9 Å². The number of rotatable bonds is 2. The molecule has 3 N–H and O–H groups in total. The lowest BCUT2D eigenvalue weighted by Crippen LogP contribution is -2.21. The van der Waals surface area contributed by atoms with Gasteiger partial charge in [-0.1, -0.05) is 6.92 Å². The van der Waals surface area contributed by atoms with E-state index < -0.39 is 24.3 Å². The first-order chi connectivity index (χ1) is 10.1. The molecule has 21 heavy (non-hydrogen) atoms. The molecule has 2 aromatic rings. The Bertz CT molecular complexity index is 725. The van der Waals surface area contributed by atoms with Crippen LogP contribution in [0.1, 0.15) is 18.7 Å². The van der Waals surface area contributed by atoms with Crippen LogP contribution in [0.4, 0.5) is 15.9 Å². The lowest BCUT2D eigenvalue weighted by Gasteiger charge is -2.13. The fourth-order valence-electron chi connectivity index (χ4n) is 2.67. The summed E-state index contributed by atoms with van der Waals surface area (Å²) in [5.74, 6) is -0.288. The Kier molecular flexibility index (Phi) is 3.23. The van der Waals surface area contributed by atoms with Crippen LogP contribution in [-0.4, -0.2) is 38.6 Å². The number of alkyl halides is 1. The van der Waals surface area contributed by atoms with Crippen LogP contribution in [-0.2, 0) is 4.74 Å². The van der Waals surface area contributed by atoms with Crippen molar-refractivity contribution >= 4 is 17.0 Å². The highest BCUT2D eigenvalue weighted by atomic mass is 19.1. The number of aromatic nitrogens is 3. The highest BCUT2D eigenvalue weighted by Crippen LogP contribution is 2.42. The largest absolute Gasteiger partial charge is 0.394 e. The fraction of sp³-hybridized carbons (Fsp3) is 0.462. The van der Waals surface area contributed by atoms with E-state index in [2.05, 4.69) is 14.9 Å². The molecule has 0 spiro atoms. The van der Waals surface area contributed by atoms with Crippen LogP contribution in [0.2, 0.25) is 0 Å². The van der Waals surface area contributed by atoms with Crippen molar-refractivity contribution in [2.45, 2.75) is 25.3 Å². The van der Waals surface area contributed by atoms with E-state index in [1.165, 1.54) is 16.9 Å². The van der Waals surface area contributed by atoms with E-state index >= 15 is 0 Å². The second-order valence-corrected chi connectivity index (χ2v) is 5.05. The summed E-state index contributed by atoms with van der Waals surface area (Å²) >= 11 is 0. The summed E-state index contributed by atoms with van der Waals surface area (Å²) in [7, 11) is 0. The van der Waals surface area contributed by atoms with Crippen LogP contribution in [0.15, 0.2) is 12.4 Å². The van der Waals surface area contributed by atoms with Crippen molar-refractivity contribution in [3.63, 3.8) is 0 Å². The average molecular weight is 291 g/mol. The number of halogens is 1. The van der Waals surface area contributed by atoms with Crippen LogP contribution in [0.5, 0.6) is 0 Å². The molecule has 1 aliphatic rings. The molecule has 0 amide bonds.